The van der Waals surface area contributed by atoms with E-state index in [-0.39, 0.29) is 18.3 Å². The van der Waals surface area contributed by atoms with Gasteiger partial charge in [0.15, 0.2) is 0 Å². The molecule has 0 radical (unpaired) electrons. The molecule has 0 aromatic carbocycles. The van der Waals surface area contributed by atoms with Crippen LogP contribution in [0.15, 0.2) is 0 Å². The molecule has 1 atom stereocenters. The smallest absolute Gasteiger partial charge is 0.227 e. The van der Waals surface area contributed by atoms with Crippen LogP contribution in [0.5, 0.6) is 0 Å². The van der Waals surface area contributed by atoms with E-state index in [2.05, 4.69) is 37.9 Å². The second kappa shape index (κ2) is 9.60. The molecule has 1 heterocycles. The number of carbonyl (C=O) groups excluding carboxylic acids is 1. The first-order valence-corrected chi connectivity index (χ1v) is 7.50. The molecular weight excluding hydrogens is 260 g/mol. The van der Waals surface area contributed by atoms with E-state index in [0.29, 0.717) is 17.7 Å². The second-order valence-electron chi connectivity index (χ2n) is 6.38. The monoisotopic (exact) mass is 290 g/mol. The Kier molecular flexibility index (Phi) is 9.46. The summed E-state index contributed by atoms with van der Waals surface area (Å²) in [4.78, 5) is 14.6. The van der Waals surface area contributed by atoms with E-state index in [1.165, 1.54) is 0 Å². The third-order valence-electron chi connectivity index (χ3n) is 3.67. The van der Waals surface area contributed by atoms with Crippen molar-refractivity contribution in [2.45, 2.75) is 47.0 Å². The molecule has 114 valence electrons. The highest BCUT2D eigenvalue weighted by atomic mass is 35.5. The maximum absolute atomic E-state index is 12.5. The highest BCUT2D eigenvalue weighted by molar-refractivity contribution is 5.85. The van der Waals surface area contributed by atoms with Crippen molar-refractivity contribution in [1.29, 1.82) is 0 Å². The zero-order valence-corrected chi connectivity index (χ0v) is 13.8. The average molecular weight is 291 g/mol. The summed E-state index contributed by atoms with van der Waals surface area (Å²) in [5.41, 5.74) is 0. The molecule has 0 spiro atoms. The Hall–Kier alpha value is -0.280. The van der Waals surface area contributed by atoms with Crippen LogP contribution in [-0.2, 0) is 4.79 Å². The zero-order valence-electron chi connectivity index (χ0n) is 12.9. The fourth-order valence-corrected chi connectivity index (χ4v) is 2.28. The molecule has 1 aliphatic rings. The van der Waals surface area contributed by atoms with Gasteiger partial charge in [-0.05, 0) is 37.6 Å². The van der Waals surface area contributed by atoms with Crippen LogP contribution in [0.3, 0.4) is 0 Å². The molecule has 0 aliphatic carbocycles. The molecule has 1 rings (SSSR count). The van der Waals surface area contributed by atoms with Crippen molar-refractivity contribution in [2.24, 2.45) is 17.8 Å². The quantitative estimate of drug-likeness (QED) is 0.782. The van der Waals surface area contributed by atoms with Gasteiger partial charge in [0.1, 0.15) is 0 Å². The lowest BCUT2D eigenvalue weighted by Gasteiger charge is -2.27. The molecule has 1 amide bonds. The fraction of sp³-hybridized carbons (Fsp3) is 0.933. The number of amides is 1. The van der Waals surface area contributed by atoms with Crippen molar-refractivity contribution in [3.05, 3.63) is 0 Å². The van der Waals surface area contributed by atoms with Crippen LogP contribution >= 0.6 is 12.4 Å². The largest absolute Gasteiger partial charge is 0.342 e. The molecule has 0 aromatic heterocycles. The predicted octanol–water partition coefficient (Wildman–Crippen LogP) is 2.94. The highest BCUT2D eigenvalue weighted by Gasteiger charge is 2.26. The van der Waals surface area contributed by atoms with Gasteiger partial charge in [0.25, 0.3) is 0 Å². The van der Waals surface area contributed by atoms with Crippen molar-refractivity contribution in [2.75, 3.05) is 26.2 Å². The topological polar surface area (TPSA) is 32.3 Å². The van der Waals surface area contributed by atoms with Crippen LogP contribution < -0.4 is 5.32 Å². The zero-order chi connectivity index (χ0) is 13.5. The second-order valence-corrected chi connectivity index (χ2v) is 6.38. The Morgan fingerprint density at radius 1 is 1.16 bits per heavy atom. The number of halogens is 1. The lowest BCUT2D eigenvalue weighted by atomic mass is 10.0. The summed E-state index contributed by atoms with van der Waals surface area (Å²) in [7, 11) is 0. The van der Waals surface area contributed by atoms with E-state index in [4.69, 9.17) is 0 Å². The lowest BCUT2D eigenvalue weighted by molar-refractivity contribution is -0.135. The molecule has 0 bridgehead atoms. The Labute approximate surface area is 124 Å². The molecule has 1 unspecified atom stereocenters. The number of carbonyl (C=O) groups is 1. The Morgan fingerprint density at radius 2 is 1.68 bits per heavy atom. The first-order valence-electron chi connectivity index (χ1n) is 7.50. The molecule has 4 heteroatoms. The van der Waals surface area contributed by atoms with Gasteiger partial charge in [-0.3, -0.25) is 4.79 Å². The van der Waals surface area contributed by atoms with Crippen molar-refractivity contribution >= 4 is 18.3 Å². The summed E-state index contributed by atoms with van der Waals surface area (Å²) in [6.07, 6.45) is 3.24. The van der Waals surface area contributed by atoms with Crippen LogP contribution in [0.1, 0.15) is 47.0 Å². The number of nitrogens with one attached hydrogen (secondary N) is 1. The van der Waals surface area contributed by atoms with E-state index >= 15 is 0 Å². The standard InChI is InChI=1S/C15H30N2O.ClH/c1-12(2)6-9-17(10-7-13(3)4)15(18)14-5-8-16-11-14;/h12-14,16H,5-11H2,1-4H3;1H. The van der Waals surface area contributed by atoms with E-state index in [9.17, 15) is 4.79 Å². The minimum absolute atomic E-state index is 0. The van der Waals surface area contributed by atoms with Crippen LogP contribution in [0.2, 0.25) is 0 Å². The minimum Gasteiger partial charge on any atom is -0.342 e. The van der Waals surface area contributed by atoms with Crippen LogP contribution in [0.25, 0.3) is 0 Å². The molecule has 1 saturated heterocycles. The summed E-state index contributed by atoms with van der Waals surface area (Å²) in [6.45, 7) is 12.6. The summed E-state index contributed by atoms with van der Waals surface area (Å²) in [5.74, 6) is 1.94. The lowest BCUT2D eigenvalue weighted by Crippen LogP contribution is -2.39. The number of hydrogen-bond acceptors (Lipinski definition) is 2. The number of hydrogen-bond donors (Lipinski definition) is 1. The molecule has 1 N–H and O–H groups in total. The maximum atomic E-state index is 12.5. The summed E-state index contributed by atoms with van der Waals surface area (Å²) < 4.78 is 0. The Balaban J connectivity index is 0.00000324. The normalized spacial score (nSPS) is 18.7. The van der Waals surface area contributed by atoms with Gasteiger partial charge in [-0.1, -0.05) is 27.7 Å². The Morgan fingerprint density at radius 3 is 2.05 bits per heavy atom. The summed E-state index contributed by atoms with van der Waals surface area (Å²) in [6, 6.07) is 0. The fourth-order valence-electron chi connectivity index (χ4n) is 2.28. The van der Waals surface area contributed by atoms with Crippen molar-refractivity contribution in [3.8, 4) is 0 Å². The summed E-state index contributed by atoms with van der Waals surface area (Å²) >= 11 is 0. The third-order valence-corrected chi connectivity index (χ3v) is 3.67. The van der Waals surface area contributed by atoms with Crippen LogP contribution in [-0.4, -0.2) is 37.0 Å². The average Bonchev–Trinajstić information content (AvgIpc) is 2.81. The van der Waals surface area contributed by atoms with E-state index < -0.39 is 0 Å². The van der Waals surface area contributed by atoms with Crippen molar-refractivity contribution < 1.29 is 4.79 Å². The van der Waals surface area contributed by atoms with Gasteiger partial charge in [-0.2, -0.15) is 0 Å². The minimum atomic E-state index is 0. The highest BCUT2D eigenvalue weighted by Crippen LogP contribution is 2.15. The van der Waals surface area contributed by atoms with Gasteiger partial charge in [-0.15, -0.1) is 12.4 Å². The Bertz CT molecular complexity index is 239. The third kappa shape index (κ3) is 7.17. The van der Waals surface area contributed by atoms with Crippen molar-refractivity contribution in [1.82, 2.24) is 10.2 Å². The van der Waals surface area contributed by atoms with Crippen LogP contribution in [0.4, 0.5) is 0 Å². The molecule has 19 heavy (non-hydrogen) atoms. The molecule has 1 fully saturated rings. The van der Waals surface area contributed by atoms with E-state index in [0.717, 1.165) is 45.4 Å². The van der Waals surface area contributed by atoms with Gasteiger partial charge in [0.2, 0.25) is 5.91 Å². The molecule has 0 aromatic rings. The maximum Gasteiger partial charge on any atom is 0.227 e. The molecule has 0 saturated carbocycles. The van der Waals surface area contributed by atoms with Crippen LogP contribution in [0, 0.1) is 17.8 Å². The number of nitrogens with zero attached hydrogens (tertiary/aromatic N) is 1. The van der Waals surface area contributed by atoms with Crippen molar-refractivity contribution in [3.63, 3.8) is 0 Å². The van der Waals surface area contributed by atoms with Gasteiger partial charge in [0.05, 0.1) is 5.92 Å². The number of rotatable bonds is 7. The van der Waals surface area contributed by atoms with E-state index in [1.54, 1.807) is 0 Å². The first-order chi connectivity index (χ1) is 8.50. The van der Waals surface area contributed by atoms with Gasteiger partial charge in [0, 0.05) is 19.6 Å². The van der Waals surface area contributed by atoms with Gasteiger partial charge < -0.3 is 10.2 Å². The first kappa shape index (κ1) is 18.7. The van der Waals surface area contributed by atoms with Gasteiger partial charge in [-0.25, -0.2) is 0 Å². The SMILES string of the molecule is CC(C)CCN(CCC(C)C)C(=O)C1CCNC1.Cl. The predicted molar refractivity (Wildman–Crippen MR) is 83.7 cm³/mol. The molecular formula is C15H31ClN2O. The van der Waals surface area contributed by atoms with E-state index in [1.807, 2.05) is 0 Å². The molecule has 3 nitrogen and oxygen atoms in total. The molecule has 1 aliphatic heterocycles. The van der Waals surface area contributed by atoms with Gasteiger partial charge >= 0.3 is 0 Å². The summed E-state index contributed by atoms with van der Waals surface area (Å²) in [5, 5.41) is 3.29.